The number of alkyl halides is 3. The van der Waals surface area contributed by atoms with Crippen LogP contribution in [0.2, 0.25) is 5.02 Å². The smallest absolute Gasteiger partial charge is 0.373 e. The monoisotopic (exact) mass is 476 g/mol. The number of amides is 1. The van der Waals surface area contributed by atoms with Crippen LogP contribution >= 0.6 is 11.6 Å². The Morgan fingerprint density at radius 3 is 2.13 bits per heavy atom. The summed E-state index contributed by atoms with van der Waals surface area (Å²) in [5, 5.41) is 11.0. The Hall–Kier alpha value is -2.30. The summed E-state index contributed by atoms with van der Waals surface area (Å²) in [5.74, 6) is -1.74. The van der Waals surface area contributed by atoms with E-state index in [9.17, 15) is 31.5 Å². The van der Waals surface area contributed by atoms with Crippen molar-refractivity contribution in [3.05, 3.63) is 47.5 Å². The topological polar surface area (TPSA) is 86.7 Å². The minimum atomic E-state index is -5.20. The van der Waals surface area contributed by atoms with E-state index in [-0.39, 0.29) is 20.5 Å². The zero-order valence-electron chi connectivity index (χ0n) is 16.4. The number of benzene rings is 2. The van der Waals surface area contributed by atoms with Gasteiger partial charge < -0.3 is 15.3 Å². The maximum Gasteiger partial charge on any atom is 0.426 e. The minimum Gasteiger partial charge on any atom is -0.373 e. The van der Waals surface area contributed by atoms with Gasteiger partial charge in [-0.25, -0.2) is 8.42 Å². The summed E-state index contributed by atoms with van der Waals surface area (Å²) in [6.45, 7) is 2.13. The maximum atomic E-state index is 12.9. The van der Waals surface area contributed by atoms with Gasteiger partial charge in [-0.2, -0.15) is 13.2 Å². The number of aliphatic hydroxyl groups is 1. The predicted molar refractivity (Wildman–Crippen MR) is 110 cm³/mol. The zero-order valence-corrected chi connectivity index (χ0v) is 18.0. The Labute approximate surface area is 182 Å². The van der Waals surface area contributed by atoms with Gasteiger partial charge in [0.15, 0.2) is 0 Å². The standard InChI is InChI=1S/C20H20ClF3N2O4S/c1-19(28,20(22,23)24)18(27)25-17-9-8-15(12-16(17)21)31(29,30)14-6-4-13(5-7-14)26-10-2-3-11-26/h4-9,12,28H,2-3,10-11H2,1H3,(H,25,27). The summed E-state index contributed by atoms with van der Waals surface area (Å²) in [7, 11) is -3.94. The Morgan fingerprint density at radius 1 is 1.06 bits per heavy atom. The van der Waals surface area contributed by atoms with Gasteiger partial charge >= 0.3 is 6.18 Å². The van der Waals surface area contributed by atoms with Crippen LogP contribution in [-0.4, -0.2) is 44.3 Å². The van der Waals surface area contributed by atoms with Crippen LogP contribution in [0.1, 0.15) is 19.8 Å². The van der Waals surface area contributed by atoms with E-state index in [4.69, 9.17) is 11.6 Å². The lowest BCUT2D eigenvalue weighted by Gasteiger charge is -2.25. The summed E-state index contributed by atoms with van der Waals surface area (Å²) >= 11 is 5.99. The average Bonchev–Trinajstić information content (AvgIpc) is 3.23. The van der Waals surface area contributed by atoms with Crippen LogP contribution < -0.4 is 10.2 Å². The fraction of sp³-hybridized carbons (Fsp3) is 0.350. The number of hydrogen-bond acceptors (Lipinski definition) is 5. The van der Waals surface area contributed by atoms with Crippen LogP contribution in [-0.2, 0) is 14.6 Å². The number of nitrogens with zero attached hydrogens (tertiary/aromatic N) is 1. The molecule has 1 aliphatic rings. The van der Waals surface area contributed by atoms with Crippen molar-refractivity contribution >= 4 is 38.7 Å². The molecule has 1 saturated heterocycles. The first kappa shape index (κ1) is 23.4. The van der Waals surface area contributed by atoms with E-state index in [1.807, 2.05) is 5.32 Å². The highest BCUT2D eigenvalue weighted by atomic mass is 35.5. The molecule has 2 N–H and O–H groups in total. The number of carbonyl (C=O) groups is 1. The molecule has 0 bridgehead atoms. The van der Waals surface area contributed by atoms with Gasteiger partial charge in [-0.05, 0) is 62.2 Å². The highest BCUT2D eigenvalue weighted by molar-refractivity contribution is 7.91. The van der Waals surface area contributed by atoms with Crippen LogP contribution in [0.5, 0.6) is 0 Å². The molecule has 1 fully saturated rings. The fourth-order valence-corrected chi connectivity index (χ4v) is 4.66. The zero-order chi connectivity index (χ0) is 23.0. The third-order valence-corrected chi connectivity index (χ3v) is 7.19. The molecule has 1 unspecified atom stereocenters. The number of nitrogens with one attached hydrogen (secondary N) is 1. The SMILES string of the molecule is CC(O)(C(=O)Nc1ccc(S(=O)(=O)c2ccc(N3CCCC3)cc2)cc1Cl)C(F)(F)F. The Balaban J connectivity index is 1.82. The number of anilines is 2. The van der Waals surface area contributed by atoms with E-state index < -0.39 is 27.5 Å². The number of sulfone groups is 1. The van der Waals surface area contributed by atoms with Crippen LogP contribution in [0, 0.1) is 0 Å². The van der Waals surface area contributed by atoms with E-state index in [1.54, 1.807) is 12.1 Å². The third kappa shape index (κ3) is 4.65. The lowest BCUT2D eigenvalue weighted by Crippen LogP contribution is -2.52. The molecule has 1 amide bonds. The quantitative estimate of drug-likeness (QED) is 0.680. The molecular formula is C20H20ClF3N2O4S. The first-order valence-electron chi connectivity index (χ1n) is 9.34. The highest BCUT2D eigenvalue weighted by Gasteiger charge is 2.55. The molecule has 1 atom stereocenters. The molecule has 0 aromatic heterocycles. The maximum absolute atomic E-state index is 12.9. The summed E-state index contributed by atoms with van der Waals surface area (Å²) in [6.07, 6.45) is -3.03. The Morgan fingerprint density at radius 2 is 1.61 bits per heavy atom. The number of halogens is 4. The molecule has 6 nitrogen and oxygen atoms in total. The third-order valence-electron chi connectivity index (χ3n) is 5.11. The van der Waals surface area contributed by atoms with Gasteiger partial charge in [0.2, 0.25) is 15.4 Å². The van der Waals surface area contributed by atoms with Gasteiger partial charge in [-0.15, -0.1) is 0 Å². The normalized spacial score (nSPS) is 16.8. The van der Waals surface area contributed by atoms with Crippen LogP contribution in [0.3, 0.4) is 0 Å². The number of hydrogen-bond donors (Lipinski definition) is 2. The van der Waals surface area contributed by atoms with E-state index in [2.05, 4.69) is 4.90 Å². The minimum absolute atomic E-state index is 0.0308. The molecule has 1 heterocycles. The van der Waals surface area contributed by atoms with E-state index in [0.29, 0.717) is 6.92 Å². The lowest BCUT2D eigenvalue weighted by molar-refractivity contribution is -0.242. The average molecular weight is 477 g/mol. The number of rotatable bonds is 5. The molecule has 11 heteroatoms. The largest absolute Gasteiger partial charge is 0.426 e. The molecular weight excluding hydrogens is 457 g/mol. The van der Waals surface area contributed by atoms with Gasteiger partial charge in [0.1, 0.15) is 0 Å². The summed E-state index contributed by atoms with van der Waals surface area (Å²) < 4.78 is 64.2. The molecule has 168 valence electrons. The second-order valence-corrected chi connectivity index (χ2v) is 9.71. The molecule has 1 aliphatic heterocycles. The molecule has 2 aromatic carbocycles. The molecule has 0 spiro atoms. The van der Waals surface area contributed by atoms with Crippen LogP contribution in [0.25, 0.3) is 0 Å². The van der Waals surface area contributed by atoms with Crippen molar-refractivity contribution in [1.82, 2.24) is 0 Å². The molecule has 3 rings (SSSR count). The predicted octanol–water partition coefficient (Wildman–Crippen LogP) is 4.02. The molecule has 0 saturated carbocycles. The van der Waals surface area contributed by atoms with Crippen molar-refractivity contribution in [2.45, 2.75) is 41.3 Å². The molecule has 2 aromatic rings. The van der Waals surface area contributed by atoms with E-state index in [1.165, 1.54) is 12.1 Å². The van der Waals surface area contributed by atoms with Gasteiger partial charge in [0, 0.05) is 18.8 Å². The van der Waals surface area contributed by atoms with Crippen molar-refractivity contribution in [2.24, 2.45) is 0 Å². The lowest BCUT2D eigenvalue weighted by atomic mass is 10.1. The summed E-state index contributed by atoms with van der Waals surface area (Å²) in [6, 6.07) is 9.61. The second kappa shape index (κ2) is 8.33. The highest BCUT2D eigenvalue weighted by Crippen LogP contribution is 2.34. The van der Waals surface area contributed by atoms with E-state index >= 15 is 0 Å². The molecule has 0 radical (unpaired) electrons. The molecule has 31 heavy (non-hydrogen) atoms. The van der Waals surface area contributed by atoms with Crippen LogP contribution in [0.15, 0.2) is 52.3 Å². The molecule has 0 aliphatic carbocycles. The van der Waals surface area contributed by atoms with Crippen molar-refractivity contribution in [1.29, 1.82) is 0 Å². The van der Waals surface area contributed by atoms with Crippen LogP contribution in [0.4, 0.5) is 24.5 Å². The Bertz CT molecular complexity index is 1080. The second-order valence-electron chi connectivity index (χ2n) is 7.36. The van der Waals surface area contributed by atoms with Gasteiger partial charge in [0.05, 0.1) is 20.5 Å². The summed E-state index contributed by atoms with van der Waals surface area (Å²) in [4.78, 5) is 13.8. The summed E-state index contributed by atoms with van der Waals surface area (Å²) in [5.41, 5.74) is -2.98. The first-order valence-corrected chi connectivity index (χ1v) is 11.2. The van der Waals surface area contributed by atoms with Crippen molar-refractivity contribution in [3.8, 4) is 0 Å². The number of carbonyl (C=O) groups excluding carboxylic acids is 1. The van der Waals surface area contributed by atoms with Gasteiger partial charge in [-0.1, -0.05) is 11.6 Å². The fourth-order valence-electron chi connectivity index (χ4n) is 3.08. The van der Waals surface area contributed by atoms with Gasteiger partial charge in [0.25, 0.3) is 5.91 Å². The van der Waals surface area contributed by atoms with Crippen molar-refractivity contribution < 1.29 is 31.5 Å². The van der Waals surface area contributed by atoms with Crippen molar-refractivity contribution in [2.75, 3.05) is 23.3 Å². The van der Waals surface area contributed by atoms with Crippen molar-refractivity contribution in [3.63, 3.8) is 0 Å². The Kier molecular flexibility index (Phi) is 6.28. The first-order chi connectivity index (χ1) is 14.3. The van der Waals surface area contributed by atoms with Gasteiger partial charge in [-0.3, -0.25) is 4.79 Å². The van der Waals surface area contributed by atoms with E-state index in [0.717, 1.165) is 49.8 Å².